The zero-order valence-electron chi connectivity index (χ0n) is 11.7. The van der Waals surface area contributed by atoms with Crippen molar-refractivity contribution in [2.75, 3.05) is 0 Å². The van der Waals surface area contributed by atoms with Gasteiger partial charge in [-0.3, -0.25) is 4.79 Å². The Kier molecular flexibility index (Phi) is 4.94. The molecule has 0 saturated heterocycles. The van der Waals surface area contributed by atoms with Gasteiger partial charge in [0.25, 0.3) is 0 Å². The number of hydrogen-bond acceptors (Lipinski definition) is 4. The number of nitrogens with one attached hydrogen (secondary N) is 1. The Hall–Kier alpha value is -0.780. The number of nitrogens with two attached hydrogens (primary N) is 1. The van der Waals surface area contributed by atoms with E-state index in [0.717, 1.165) is 24.3 Å². The SMILES string of the molecule is CC(C)NC1(C(N)=O)CCC(Sc2ccc(Cl)cn2)C1. The van der Waals surface area contributed by atoms with Crippen molar-refractivity contribution < 1.29 is 4.79 Å². The van der Waals surface area contributed by atoms with Crippen LogP contribution in [0.15, 0.2) is 23.4 Å². The van der Waals surface area contributed by atoms with Crippen LogP contribution in [0.25, 0.3) is 0 Å². The maximum atomic E-state index is 11.8. The first kappa shape index (κ1) is 15.6. The molecule has 1 saturated carbocycles. The molecule has 0 radical (unpaired) electrons. The lowest BCUT2D eigenvalue weighted by atomic mass is 9.96. The summed E-state index contributed by atoms with van der Waals surface area (Å²) in [6.45, 7) is 4.07. The summed E-state index contributed by atoms with van der Waals surface area (Å²) in [4.78, 5) is 16.1. The molecule has 0 aliphatic heterocycles. The topological polar surface area (TPSA) is 68.0 Å². The highest BCUT2D eigenvalue weighted by atomic mass is 35.5. The van der Waals surface area contributed by atoms with Gasteiger partial charge in [-0.25, -0.2) is 4.98 Å². The van der Waals surface area contributed by atoms with Gasteiger partial charge in [-0.15, -0.1) is 11.8 Å². The smallest absolute Gasteiger partial charge is 0.237 e. The molecule has 20 heavy (non-hydrogen) atoms. The molecule has 2 atom stereocenters. The van der Waals surface area contributed by atoms with E-state index in [1.807, 2.05) is 26.0 Å². The fourth-order valence-corrected chi connectivity index (χ4v) is 4.00. The van der Waals surface area contributed by atoms with E-state index in [9.17, 15) is 4.79 Å². The summed E-state index contributed by atoms with van der Waals surface area (Å²) in [5, 5.41) is 5.27. The van der Waals surface area contributed by atoms with Crippen molar-refractivity contribution in [3.8, 4) is 0 Å². The van der Waals surface area contributed by atoms with Crippen molar-refractivity contribution in [1.82, 2.24) is 10.3 Å². The number of thioether (sulfide) groups is 1. The van der Waals surface area contributed by atoms with Gasteiger partial charge in [-0.2, -0.15) is 0 Å². The minimum absolute atomic E-state index is 0.236. The van der Waals surface area contributed by atoms with E-state index in [1.165, 1.54) is 0 Å². The average molecular weight is 314 g/mol. The molecule has 1 amide bonds. The van der Waals surface area contributed by atoms with Gasteiger partial charge < -0.3 is 11.1 Å². The standard InChI is InChI=1S/C14H20ClN3OS/c1-9(2)18-14(13(16)19)6-5-11(7-14)20-12-4-3-10(15)8-17-12/h3-4,8-9,11,18H,5-7H2,1-2H3,(H2,16,19). The molecule has 1 heterocycles. The van der Waals surface area contributed by atoms with E-state index in [1.54, 1.807) is 18.0 Å². The van der Waals surface area contributed by atoms with E-state index >= 15 is 0 Å². The van der Waals surface area contributed by atoms with Crippen molar-refractivity contribution in [3.63, 3.8) is 0 Å². The molecule has 1 fully saturated rings. The van der Waals surface area contributed by atoms with Crippen LogP contribution in [0.5, 0.6) is 0 Å². The highest BCUT2D eigenvalue weighted by Gasteiger charge is 2.44. The molecule has 2 rings (SSSR count). The number of amides is 1. The summed E-state index contributed by atoms with van der Waals surface area (Å²) in [6.07, 6.45) is 4.13. The molecule has 1 aliphatic carbocycles. The van der Waals surface area contributed by atoms with Gasteiger partial charge in [0.2, 0.25) is 5.91 Å². The maximum Gasteiger partial charge on any atom is 0.237 e. The van der Waals surface area contributed by atoms with Gasteiger partial charge in [0.05, 0.1) is 15.6 Å². The molecule has 110 valence electrons. The molecule has 1 aromatic rings. The van der Waals surface area contributed by atoms with Gasteiger partial charge in [0, 0.05) is 17.5 Å². The number of hydrogen-bond donors (Lipinski definition) is 2. The Morgan fingerprint density at radius 3 is 2.90 bits per heavy atom. The zero-order valence-corrected chi connectivity index (χ0v) is 13.3. The minimum atomic E-state index is -0.571. The summed E-state index contributed by atoms with van der Waals surface area (Å²) in [5.41, 5.74) is 5.04. The monoisotopic (exact) mass is 313 g/mol. The van der Waals surface area contributed by atoms with Crippen LogP contribution >= 0.6 is 23.4 Å². The van der Waals surface area contributed by atoms with Crippen LogP contribution in [0.3, 0.4) is 0 Å². The molecule has 0 bridgehead atoms. The van der Waals surface area contributed by atoms with Gasteiger partial charge >= 0.3 is 0 Å². The third-order valence-electron chi connectivity index (χ3n) is 3.49. The minimum Gasteiger partial charge on any atom is -0.368 e. The van der Waals surface area contributed by atoms with Crippen LogP contribution < -0.4 is 11.1 Å². The predicted molar refractivity (Wildman–Crippen MR) is 82.9 cm³/mol. The molecule has 0 aromatic carbocycles. The predicted octanol–water partition coefficient (Wildman–Crippen LogP) is 2.60. The first-order valence-electron chi connectivity index (χ1n) is 6.77. The molecular formula is C14H20ClN3OS. The Morgan fingerprint density at radius 2 is 2.35 bits per heavy atom. The molecule has 2 unspecified atom stereocenters. The van der Waals surface area contributed by atoms with Gasteiger partial charge in [0.15, 0.2) is 0 Å². The summed E-state index contributed by atoms with van der Waals surface area (Å²) in [7, 11) is 0. The number of halogens is 1. The third-order valence-corrected chi connectivity index (χ3v) is 4.94. The van der Waals surface area contributed by atoms with Crippen LogP contribution in [-0.4, -0.2) is 27.7 Å². The Balaban J connectivity index is 2.03. The first-order chi connectivity index (χ1) is 9.41. The molecular weight excluding hydrogens is 294 g/mol. The number of carbonyl (C=O) groups excluding carboxylic acids is 1. The molecule has 1 aromatic heterocycles. The van der Waals surface area contributed by atoms with Crippen LogP contribution in [0.1, 0.15) is 33.1 Å². The summed E-state index contributed by atoms with van der Waals surface area (Å²) < 4.78 is 0. The van der Waals surface area contributed by atoms with E-state index in [0.29, 0.717) is 10.3 Å². The molecule has 3 N–H and O–H groups in total. The van der Waals surface area contributed by atoms with Gasteiger partial charge in [0.1, 0.15) is 0 Å². The quantitative estimate of drug-likeness (QED) is 0.877. The van der Waals surface area contributed by atoms with Crippen molar-refractivity contribution >= 4 is 29.3 Å². The molecule has 4 nitrogen and oxygen atoms in total. The Bertz CT molecular complexity index is 480. The number of rotatable bonds is 5. The average Bonchev–Trinajstić information content (AvgIpc) is 2.76. The van der Waals surface area contributed by atoms with E-state index in [4.69, 9.17) is 17.3 Å². The summed E-state index contributed by atoms with van der Waals surface area (Å²) >= 11 is 7.52. The Labute approximate surface area is 128 Å². The van der Waals surface area contributed by atoms with E-state index in [-0.39, 0.29) is 11.9 Å². The fraction of sp³-hybridized carbons (Fsp3) is 0.571. The van der Waals surface area contributed by atoms with Crippen LogP contribution in [0.2, 0.25) is 5.02 Å². The lowest BCUT2D eigenvalue weighted by Gasteiger charge is -2.29. The van der Waals surface area contributed by atoms with Crippen LogP contribution in [0, 0.1) is 0 Å². The van der Waals surface area contributed by atoms with Gasteiger partial charge in [-0.1, -0.05) is 11.6 Å². The van der Waals surface area contributed by atoms with Crippen molar-refractivity contribution in [2.24, 2.45) is 5.73 Å². The van der Waals surface area contributed by atoms with Crippen molar-refractivity contribution in [1.29, 1.82) is 0 Å². The normalized spacial score (nSPS) is 26.1. The number of aromatic nitrogens is 1. The number of carbonyl (C=O) groups is 1. The fourth-order valence-electron chi connectivity index (χ4n) is 2.68. The number of nitrogens with zero attached hydrogens (tertiary/aromatic N) is 1. The Morgan fingerprint density at radius 1 is 1.60 bits per heavy atom. The summed E-state index contributed by atoms with van der Waals surface area (Å²) in [6, 6.07) is 3.98. The molecule has 6 heteroatoms. The highest BCUT2D eigenvalue weighted by molar-refractivity contribution is 7.99. The van der Waals surface area contributed by atoms with Crippen molar-refractivity contribution in [3.05, 3.63) is 23.4 Å². The lowest BCUT2D eigenvalue weighted by Crippen LogP contribution is -2.56. The summed E-state index contributed by atoms with van der Waals surface area (Å²) in [5.74, 6) is -0.252. The lowest BCUT2D eigenvalue weighted by molar-refractivity contribution is -0.124. The number of pyridine rings is 1. The van der Waals surface area contributed by atoms with E-state index in [2.05, 4.69) is 10.3 Å². The van der Waals surface area contributed by atoms with E-state index < -0.39 is 5.54 Å². The van der Waals surface area contributed by atoms with Crippen molar-refractivity contribution in [2.45, 2.75) is 55.0 Å². The number of primary amides is 1. The highest BCUT2D eigenvalue weighted by Crippen LogP contribution is 2.40. The maximum absolute atomic E-state index is 11.8. The van der Waals surface area contributed by atoms with Crippen LogP contribution in [-0.2, 0) is 4.79 Å². The largest absolute Gasteiger partial charge is 0.368 e. The molecule has 0 spiro atoms. The zero-order chi connectivity index (χ0) is 14.8. The first-order valence-corrected chi connectivity index (χ1v) is 8.03. The second kappa shape index (κ2) is 6.33. The second-order valence-electron chi connectivity index (χ2n) is 5.54. The second-order valence-corrected chi connectivity index (χ2v) is 7.30. The molecule has 1 aliphatic rings. The third kappa shape index (κ3) is 3.65. The van der Waals surface area contributed by atoms with Gasteiger partial charge in [-0.05, 0) is 45.2 Å². The van der Waals surface area contributed by atoms with Crippen LogP contribution in [0.4, 0.5) is 0 Å².